The summed E-state index contributed by atoms with van der Waals surface area (Å²) in [6.45, 7) is 0. The van der Waals surface area contributed by atoms with E-state index in [0.29, 0.717) is 11.1 Å². The van der Waals surface area contributed by atoms with Gasteiger partial charge in [-0.2, -0.15) is 0 Å². The molecule has 0 unspecified atom stereocenters. The molecule has 0 saturated heterocycles. The monoisotopic (exact) mass is 317 g/mol. The molecule has 0 aliphatic heterocycles. The molecule has 2 aromatic carbocycles. The van der Waals surface area contributed by atoms with Gasteiger partial charge in [-0.25, -0.2) is 9.78 Å². The maximum Gasteiger partial charge on any atom is 0.357 e. The number of Topliss-reactive ketones (excluding diaryl/α,β-unsaturated/α-hetero) is 1. The van der Waals surface area contributed by atoms with Crippen molar-refractivity contribution in [2.75, 3.05) is 0 Å². The Balaban J connectivity index is 1.91. The van der Waals surface area contributed by atoms with Crippen LogP contribution in [0, 0.1) is 0 Å². The van der Waals surface area contributed by atoms with Crippen LogP contribution in [0.2, 0.25) is 0 Å². The Morgan fingerprint density at radius 3 is 2.04 bits per heavy atom. The number of aromatic nitrogens is 1. The summed E-state index contributed by atoms with van der Waals surface area (Å²) < 4.78 is 5.49. The molecular weight excluding hydrogens is 302 g/mol. The maximum atomic E-state index is 12.8. The normalized spacial score (nSPS) is 11.5. The summed E-state index contributed by atoms with van der Waals surface area (Å²) in [5.41, 5.74) is 1.27. The van der Waals surface area contributed by atoms with Gasteiger partial charge < -0.3 is 4.74 Å². The summed E-state index contributed by atoms with van der Waals surface area (Å²) in [7, 11) is 0. The number of esters is 1. The van der Waals surface area contributed by atoms with Gasteiger partial charge in [-0.05, 0) is 12.1 Å². The molecule has 3 rings (SSSR count). The predicted molar refractivity (Wildman–Crippen MR) is 89.6 cm³/mol. The van der Waals surface area contributed by atoms with Crippen molar-refractivity contribution in [3.05, 3.63) is 102 Å². The molecular formula is C20H15NO3. The van der Waals surface area contributed by atoms with Crippen molar-refractivity contribution in [3.8, 4) is 0 Å². The fourth-order valence-electron chi connectivity index (χ4n) is 2.31. The predicted octanol–water partition coefficient (Wildman–Crippen LogP) is 3.86. The van der Waals surface area contributed by atoms with Gasteiger partial charge in [-0.15, -0.1) is 0 Å². The molecule has 0 saturated carbocycles. The fourth-order valence-corrected chi connectivity index (χ4v) is 2.31. The molecule has 0 amide bonds. The Morgan fingerprint density at radius 1 is 0.792 bits per heavy atom. The van der Waals surface area contributed by atoms with Crippen molar-refractivity contribution in [1.29, 1.82) is 0 Å². The molecule has 24 heavy (non-hydrogen) atoms. The molecule has 1 aromatic heterocycles. The topological polar surface area (TPSA) is 56.3 Å². The zero-order valence-electron chi connectivity index (χ0n) is 12.8. The Hall–Kier alpha value is -3.27. The Kier molecular flexibility index (Phi) is 4.77. The van der Waals surface area contributed by atoms with Crippen molar-refractivity contribution in [2.45, 2.75) is 6.10 Å². The molecule has 3 aromatic rings. The maximum absolute atomic E-state index is 12.8. The first-order chi connectivity index (χ1) is 11.8. The number of ether oxygens (including phenoxy) is 1. The summed E-state index contributed by atoms with van der Waals surface area (Å²) in [5.74, 6) is -0.903. The Bertz CT molecular complexity index is 817. The number of carbonyl (C=O) groups excluding carboxylic acids is 2. The third-order valence-electron chi connectivity index (χ3n) is 3.50. The second-order valence-electron chi connectivity index (χ2n) is 5.14. The van der Waals surface area contributed by atoms with Gasteiger partial charge >= 0.3 is 5.97 Å². The number of hydrogen-bond acceptors (Lipinski definition) is 4. The minimum Gasteiger partial charge on any atom is -0.444 e. The van der Waals surface area contributed by atoms with Gasteiger partial charge in [-0.1, -0.05) is 66.7 Å². The number of carbonyl (C=O) groups is 2. The molecule has 0 radical (unpaired) electrons. The van der Waals surface area contributed by atoms with Crippen LogP contribution in [0.3, 0.4) is 0 Å². The van der Waals surface area contributed by atoms with E-state index in [1.54, 1.807) is 66.7 Å². The van der Waals surface area contributed by atoms with Crippen LogP contribution in [-0.4, -0.2) is 16.7 Å². The van der Waals surface area contributed by atoms with E-state index in [-0.39, 0.29) is 11.5 Å². The highest BCUT2D eigenvalue weighted by molar-refractivity contribution is 6.01. The van der Waals surface area contributed by atoms with E-state index in [9.17, 15) is 9.59 Å². The molecule has 0 N–H and O–H groups in total. The zero-order valence-corrected chi connectivity index (χ0v) is 12.8. The third kappa shape index (κ3) is 3.55. The van der Waals surface area contributed by atoms with Crippen LogP contribution in [0.25, 0.3) is 0 Å². The van der Waals surface area contributed by atoms with E-state index >= 15 is 0 Å². The number of nitrogens with zero attached hydrogens (tertiary/aromatic N) is 1. The lowest BCUT2D eigenvalue weighted by Crippen LogP contribution is -2.20. The van der Waals surface area contributed by atoms with Crippen molar-refractivity contribution >= 4 is 11.8 Å². The quantitative estimate of drug-likeness (QED) is 0.529. The molecule has 0 spiro atoms. The average Bonchev–Trinajstić information content (AvgIpc) is 2.67. The summed E-state index contributed by atoms with van der Waals surface area (Å²) in [6.07, 6.45) is 0.496. The van der Waals surface area contributed by atoms with Crippen molar-refractivity contribution in [3.63, 3.8) is 0 Å². The van der Waals surface area contributed by atoms with E-state index < -0.39 is 12.1 Å². The SMILES string of the molecule is O=C(O[C@H](C(=O)c1ccccc1)c1ccccc1)c1ccccn1. The largest absolute Gasteiger partial charge is 0.444 e. The van der Waals surface area contributed by atoms with Crippen molar-refractivity contribution in [1.82, 2.24) is 4.98 Å². The van der Waals surface area contributed by atoms with Gasteiger partial charge in [0.25, 0.3) is 0 Å². The van der Waals surface area contributed by atoms with E-state index in [2.05, 4.69) is 4.98 Å². The number of ketones is 1. The first kappa shape index (κ1) is 15.6. The average molecular weight is 317 g/mol. The van der Waals surface area contributed by atoms with Crippen molar-refractivity contribution in [2.24, 2.45) is 0 Å². The van der Waals surface area contributed by atoms with Crippen LogP contribution >= 0.6 is 0 Å². The minimum absolute atomic E-state index is 0.166. The van der Waals surface area contributed by atoms with Crippen LogP contribution in [0.1, 0.15) is 32.5 Å². The van der Waals surface area contributed by atoms with Crippen LogP contribution < -0.4 is 0 Å². The number of benzene rings is 2. The second-order valence-corrected chi connectivity index (χ2v) is 5.14. The third-order valence-corrected chi connectivity index (χ3v) is 3.50. The first-order valence-corrected chi connectivity index (χ1v) is 7.52. The minimum atomic E-state index is -1.01. The molecule has 0 aliphatic carbocycles. The molecule has 1 atom stereocenters. The summed E-state index contributed by atoms with van der Waals surface area (Å²) in [4.78, 5) is 29.1. The fraction of sp³-hybridized carbons (Fsp3) is 0.0500. The van der Waals surface area contributed by atoms with Crippen LogP contribution in [0.5, 0.6) is 0 Å². The van der Waals surface area contributed by atoms with Crippen LogP contribution in [-0.2, 0) is 4.74 Å². The number of hydrogen-bond donors (Lipinski definition) is 0. The molecule has 4 heteroatoms. The van der Waals surface area contributed by atoms with Gasteiger partial charge in [0.15, 0.2) is 6.10 Å². The van der Waals surface area contributed by atoms with Gasteiger partial charge in [0.2, 0.25) is 5.78 Å². The lowest BCUT2D eigenvalue weighted by Gasteiger charge is -2.17. The summed E-state index contributed by atoms with van der Waals surface area (Å²) in [6, 6.07) is 22.7. The van der Waals surface area contributed by atoms with E-state index in [1.165, 1.54) is 6.20 Å². The Labute approximate surface area is 139 Å². The molecule has 4 nitrogen and oxygen atoms in total. The van der Waals surface area contributed by atoms with E-state index in [4.69, 9.17) is 4.74 Å². The lowest BCUT2D eigenvalue weighted by atomic mass is 10.00. The highest BCUT2D eigenvalue weighted by Crippen LogP contribution is 2.23. The molecule has 0 aliphatic rings. The summed E-state index contributed by atoms with van der Waals surface area (Å²) in [5, 5.41) is 0. The lowest BCUT2D eigenvalue weighted by molar-refractivity contribution is 0.0274. The highest BCUT2D eigenvalue weighted by Gasteiger charge is 2.26. The van der Waals surface area contributed by atoms with Gasteiger partial charge in [-0.3, -0.25) is 4.79 Å². The molecule has 0 fully saturated rings. The van der Waals surface area contributed by atoms with Crippen molar-refractivity contribution < 1.29 is 14.3 Å². The first-order valence-electron chi connectivity index (χ1n) is 7.52. The van der Waals surface area contributed by atoms with Crippen LogP contribution in [0.15, 0.2) is 85.1 Å². The van der Waals surface area contributed by atoms with Gasteiger partial charge in [0.05, 0.1) is 0 Å². The molecule has 0 bridgehead atoms. The van der Waals surface area contributed by atoms with Gasteiger partial charge in [0, 0.05) is 17.3 Å². The van der Waals surface area contributed by atoms with E-state index in [0.717, 1.165) is 0 Å². The number of pyridine rings is 1. The number of rotatable bonds is 5. The van der Waals surface area contributed by atoms with E-state index in [1.807, 2.05) is 12.1 Å². The Morgan fingerprint density at radius 2 is 1.42 bits per heavy atom. The van der Waals surface area contributed by atoms with Gasteiger partial charge in [0.1, 0.15) is 5.69 Å². The highest BCUT2D eigenvalue weighted by atomic mass is 16.5. The second kappa shape index (κ2) is 7.33. The smallest absolute Gasteiger partial charge is 0.357 e. The summed E-state index contributed by atoms with van der Waals surface area (Å²) >= 11 is 0. The standard InChI is InChI=1S/C20H15NO3/c22-18(15-9-3-1-4-10-15)19(16-11-5-2-6-12-16)24-20(23)17-13-7-8-14-21-17/h1-14,19H/t19-/m0/s1. The van der Waals surface area contributed by atoms with Crippen LogP contribution in [0.4, 0.5) is 0 Å². The molecule has 118 valence electrons. The molecule has 1 heterocycles. The zero-order chi connectivity index (χ0) is 16.8.